The van der Waals surface area contributed by atoms with Crippen LogP contribution in [0.3, 0.4) is 0 Å². The lowest BCUT2D eigenvalue weighted by Crippen LogP contribution is -2.31. The third-order valence-corrected chi connectivity index (χ3v) is 2.96. The molecule has 4 nitrogen and oxygen atoms in total. The molecule has 17 heavy (non-hydrogen) atoms. The van der Waals surface area contributed by atoms with Gasteiger partial charge in [-0.15, -0.1) is 12.4 Å². The molecule has 1 fully saturated rings. The molecule has 0 amide bonds. The van der Waals surface area contributed by atoms with Gasteiger partial charge in [0.2, 0.25) is 0 Å². The maximum Gasteiger partial charge on any atom is 0.320 e. The number of hydrogen-bond donors (Lipinski definition) is 2. The number of nitrogens with one attached hydrogen (secondary N) is 1. The molecule has 0 saturated carbocycles. The topological polar surface area (TPSA) is 58.6 Å². The molecule has 1 aromatic rings. The molecule has 1 aromatic carbocycles. The van der Waals surface area contributed by atoms with Crippen molar-refractivity contribution in [3.05, 3.63) is 29.8 Å². The van der Waals surface area contributed by atoms with Gasteiger partial charge < -0.3 is 9.84 Å². The zero-order valence-corrected chi connectivity index (χ0v) is 10.4. The van der Waals surface area contributed by atoms with Gasteiger partial charge in [0, 0.05) is 6.04 Å². The van der Waals surface area contributed by atoms with Crippen molar-refractivity contribution in [2.24, 2.45) is 0 Å². The van der Waals surface area contributed by atoms with Gasteiger partial charge in [-0.25, -0.2) is 0 Å². The van der Waals surface area contributed by atoms with Crippen LogP contribution in [0.2, 0.25) is 0 Å². The summed E-state index contributed by atoms with van der Waals surface area (Å²) in [6, 6.07) is 7.47. The molecule has 1 heterocycles. The number of ether oxygens (including phenoxy) is 1. The van der Waals surface area contributed by atoms with Gasteiger partial charge >= 0.3 is 5.97 Å². The fourth-order valence-corrected chi connectivity index (χ4v) is 2.04. The van der Waals surface area contributed by atoms with Gasteiger partial charge in [0.05, 0.1) is 7.11 Å². The van der Waals surface area contributed by atoms with Crippen molar-refractivity contribution in [2.45, 2.75) is 24.9 Å². The number of carbonyl (C=O) groups is 1. The maximum absolute atomic E-state index is 10.8. The Bertz CT molecular complexity index is 380. The zero-order valence-electron chi connectivity index (χ0n) is 9.55. The summed E-state index contributed by atoms with van der Waals surface area (Å²) in [4.78, 5) is 10.8. The second-order valence-electron chi connectivity index (χ2n) is 3.96. The molecule has 0 bridgehead atoms. The average Bonchev–Trinajstić information content (AvgIpc) is 2.78. The van der Waals surface area contributed by atoms with Crippen LogP contribution in [-0.4, -0.2) is 24.2 Å². The quantitative estimate of drug-likeness (QED) is 0.870. The Morgan fingerprint density at radius 1 is 1.35 bits per heavy atom. The molecule has 1 aliphatic rings. The van der Waals surface area contributed by atoms with Crippen molar-refractivity contribution < 1.29 is 14.6 Å². The summed E-state index contributed by atoms with van der Waals surface area (Å²) in [7, 11) is 1.63. The van der Waals surface area contributed by atoms with E-state index in [1.54, 1.807) is 7.11 Å². The van der Waals surface area contributed by atoms with Gasteiger partial charge in [-0.3, -0.25) is 10.1 Å². The first kappa shape index (κ1) is 13.8. The summed E-state index contributed by atoms with van der Waals surface area (Å²) in [5.74, 6) is 0.0487. The average molecular weight is 258 g/mol. The number of carboxylic acid groups (broad SMARTS) is 1. The molecule has 94 valence electrons. The molecule has 1 saturated heterocycles. The molecule has 0 radical (unpaired) electrons. The number of methoxy groups -OCH3 is 1. The highest BCUT2D eigenvalue weighted by molar-refractivity contribution is 5.85. The van der Waals surface area contributed by atoms with Crippen molar-refractivity contribution in [1.29, 1.82) is 0 Å². The predicted molar refractivity (Wildman–Crippen MR) is 66.8 cm³/mol. The number of benzene rings is 1. The van der Waals surface area contributed by atoms with Crippen molar-refractivity contribution in [1.82, 2.24) is 5.32 Å². The summed E-state index contributed by atoms with van der Waals surface area (Å²) in [5, 5.41) is 12.0. The minimum atomic E-state index is -0.768. The first-order valence-corrected chi connectivity index (χ1v) is 5.33. The Morgan fingerprint density at radius 3 is 2.47 bits per heavy atom. The lowest BCUT2D eigenvalue weighted by atomic mass is 10.1. The highest BCUT2D eigenvalue weighted by atomic mass is 35.5. The van der Waals surface area contributed by atoms with Crippen LogP contribution in [0.25, 0.3) is 0 Å². The minimum absolute atomic E-state index is 0. The van der Waals surface area contributed by atoms with Crippen LogP contribution in [0, 0.1) is 0 Å². The molecule has 2 atom stereocenters. The van der Waals surface area contributed by atoms with Crippen LogP contribution in [0.15, 0.2) is 24.3 Å². The first-order chi connectivity index (χ1) is 7.70. The third kappa shape index (κ3) is 3.11. The number of aliphatic carboxylic acids is 1. The van der Waals surface area contributed by atoms with E-state index in [1.165, 1.54) is 0 Å². The maximum atomic E-state index is 10.8. The van der Waals surface area contributed by atoms with Crippen LogP contribution in [0.1, 0.15) is 24.4 Å². The monoisotopic (exact) mass is 257 g/mol. The van der Waals surface area contributed by atoms with Gasteiger partial charge in [-0.1, -0.05) is 12.1 Å². The van der Waals surface area contributed by atoms with E-state index in [0.29, 0.717) is 6.42 Å². The van der Waals surface area contributed by atoms with Crippen molar-refractivity contribution >= 4 is 18.4 Å². The zero-order chi connectivity index (χ0) is 11.5. The molecule has 2 N–H and O–H groups in total. The van der Waals surface area contributed by atoms with E-state index in [4.69, 9.17) is 9.84 Å². The lowest BCUT2D eigenvalue weighted by molar-refractivity contribution is -0.139. The molecular weight excluding hydrogens is 242 g/mol. The van der Waals surface area contributed by atoms with Crippen molar-refractivity contribution in [2.75, 3.05) is 7.11 Å². The Morgan fingerprint density at radius 2 is 2.00 bits per heavy atom. The van der Waals surface area contributed by atoms with Gasteiger partial charge in [0.25, 0.3) is 0 Å². The second kappa shape index (κ2) is 5.89. The highest BCUT2D eigenvalue weighted by Crippen LogP contribution is 2.27. The standard InChI is InChI=1S/C12H15NO3.ClH/c1-16-9-4-2-8(3-5-9)10-6-7-11(13-10)12(14)15;/h2-5,10-11,13H,6-7H2,1H3,(H,14,15);1H/t10-,11-;/m0./s1. The van der Waals surface area contributed by atoms with Gasteiger partial charge in [0.1, 0.15) is 11.8 Å². The Kier molecular flexibility index (Phi) is 4.78. The molecule has 2 rings (SSSR count). The van der Waals surface area contributed by atoms with Crippen LogP contribution in [0.4, 0.5) is 0 Å². The summed E-state index contributed by atoms with van der Waals surface area (Å²) in [5.41, 5.74) is 1.12. The van der Waals surface area contributed by atoms with Crippen LogP contribution < -0.4 is 10.1 Å². The normalized spacial score (nSPS) is 22.9. The van der Waals surface area contributed by atoms with E-state index in [0.717, 1.165) is 17.7 Å². The third-order valence-electron chi connectivity index (χ3n) is 2.96. The van der Waals surface area contributed by atoms with Crippen LogP contribution >= 0.6 is 12.4 Å². The molecule has 0 unspecified atom stereocenters. The summed E-state index contributed by atoms with van der Waals surface area (Å²) >= 11 is 0. The van der Waals surface area contributed by atoms with Gasteiger partial charge in [-0.2, -0.15) is 0 Å². The molecule has 0 aliphatic carbocycles. The Balaban J connectivity index is 0.00000144. The van der Waals surface area contributed by atoms with E-state index in [2.05, 4.69) is 5.32 Å². The van der Waals surface area contributed by atoms with E-state index in [9.17, 15) is 4.79 Å². The smallest absolute Gasteiger partial charge is 0.320 e. The fourth-order valence-electron chi connectivity index (χ4n) is 2.04. The first-order valence-electron chi connectivity index (χ1n) is 5.33. The number of carboxylic acids is 1. The SMILES string of the molecule is COc1ccc([C@@H]2CC[C@@H](C(=O)O)N2)cc1.Cl. The van der Waals surface area contributed by atoms with Crippen molar-refractivity contribution in [3.8, 4) is 5.75 Å². The molecule has 0 spiro atoms. The number of halogens is 1. The lowest BCUT2D eigenvalue weighted by Gasteiger charge is -2.12. The second-order valence-corrected chi connectivity index (χ2v) is 3.96. The van der Waals surface area contributed by atoms with E-state index in [1.807, 2.05) is 24.3 Å². The number of hydrogen-bond acceptors (Lipinski definition) is 3. The Labute approximate surface area is 106 Å². The molecule has 0 aromatic heterocycles. The fraction of sp³-hybridized carbons (Fsp3) is 0.417. The van der Waals surface area contributed by atoms with E-state index in [-0.39, 0.29) is 18.4 Å². The largest absolute Gasteiger partial charge is 0.497 e. The summed E-state index contributed by atoms with van der Waals surface area (Å²) in [6.45, 7) is 0. The molecule has 5 heteroatoms. The Hall–Kier alpha value is -1.26. The number of rotatable bonds is 3. The minimum Gasteiger partial charge on any atom is -0.497 e. The van der Waals surface area contributed by atoms with E-state index >= 15 is 0 Å². The summed E-state index contributed by atoms with van der Waals surface area (Å²) < 4.78 is 5.08. The van der Waals surface area contributed by atoms with Gasteiger partial charge in [0.15, 0.2) is 0 Å². The molecular formula is C12H16ClNO3. The van der Waals surface area contributed by atoms with Crippen LogP contribution in [0.5, 0.6) is 5.75 Å². The summed E-state index contributed by atoms with van der Waals surface area (Å²) in [6.07, 6.45) is 1.55. The molecule has 1 aliphatic heterocycles. The predicted octanol–water partition coefficient (Wildman–Crippen LogP) is 1.99. The highest BCUT2D eigenvalue weighted by Gasteiger charge is 2.29. The van der Waals surface area contributed by atoms with E-state index < -0.39 is 12.0 Å². The van der Waals surface area contributed by atoms with Crippen LogP contribution in [-0.2, 0) is 4.79 Å². The van der Waals surface area contributed by atoms with Crippen molar-refractivity contribution in [3.63, 3.8) is 0 Å². The van der Waals surface area contributed by atoms with Gasteiger partial charge in [-0.05, 0) is 30.5 Å².